The zero-order valence-corrected chi connectivity index (χ0v) is 9.48. The van der Waals surface area contributed by atoms with Crippen LogP contribution in [0.5, 0.6) is 0 Å². The molecule has 0 bridgehead atoms. The predicted octanol–water partition coefficient (Wildman–Crippen LogP) is 2.60. The van der Waals surface area contributed by atoms with Crippen molar-refractivity contribution in [3.63, 3.8) is 0 Å². The molecule has 0 spiro atoms. The first-order chi connectivity index (χ1) is 6.62. The molecule has 14 heavy (non-hydrogen) atoms. The van der Waals surface area contributed by atoms with Crippen molar-refractivity contribution in [1.82, 2.24) is 0 Å². The van der Waals surface area contributed by atoms with Crippen LogP contribution in [0.2, 0.25) is 0 Å². The Morgan fingerprint density at radius 3 is 2.50 bits per heavy atom. The zero-order valence-electron chi connectivity index (χ0n) is 8.66. The topological polar surface area (TPSA) is 43.4 Å². The molecule has 0 aromatic carbocycles. The molecule has 0 rings (SSSR count). The summed E-state index contributed by atoms with van der Waals surface area (Å²) in [5, 5.41) is 0. The van der Waals surface area contributed by atoms with Gasteiger partial charge >= 0.3 is 10.1 Å². The summed E-state index contributed by atoms with van der Waals surface area (Å²) in [6.07, 6.45) is 5.97. The highest BCUT2D eigenvalue weighted by Crippen LogP contribution is 2.05. The summed E-state index contributed by atoms with van der Waals surface area (Å²) in [4.78, 5) is 0. The van der Waals surface area contributed by atoms with Crippen LogP contribution in [-0.2, 0) is 14.3 Å². The van der Waals surface area contributed by atoms with E-state index in [-0.39, 0.29) is 5.75 Å². The number of rotatable bonds is 8. The summed E-state index contributed by atoms with van der Waals surface area (Å²) in [5.41, 5.74) is 2.26. The number of hydrogen-bond acceptors (Lipinski definition) is 3. The maximum atomic E-state index is 11.1. The van der Waals surface area contributed by atoms with Crippen LogP contribution in [-0.4, -0.2) is 14.2 Å². The van der Waals surface area contributed by atoms with Crippen LogP contribution in [0.1, 0.15) is 39.0 Å². The molecular weight excluding hydrogens is 200 g/mol. The first-order valence-corrected chi connectivity index (χ1v) is 6.45. The Balaban J connectivity index is 3.61. The van der Waals surface area contributed by atoms with Crippen molar-refractivity contribution >= 4 is 10.1 Å². The van der Waals surface area contributed by atoms with E-state index in [2.05, 4.69) is 23.4 Å². The minimum absolute atomic E-state index is 0.0783. The lowest BCUT2D eigenvalue weighted by Gasteiger charge is -2.01. The Labute approximate surface area is 86.6 Å². The summed E-state index contributed by atoms with van der Waals surface area (Å²) in [5.74, 6) is 0.0783. The fourth-order valence-electron chi connectivity index (χ4n) is 1.04. The Kier molecular flexibility index (Phi) is 7.25. The average molecular weight is 218 g/mol. The van der Waals surface area contributed by atoms with Gasteiger partial charge < -0.3 is 4.18 Å². The molecule has 4 heteroatoms. The minimum atomic E-state index is -3.39. The monoisotopic (exact) mass is 218 g/mol. The highest BCUT2D eigenvalue weighted by Gasteiger charge is 2.08. The average Bonchev–Trinajstić information content (AvgIpc) is 2.15. The largest absolute Gasteiger partial charge is 0.382 e. The van der Waals surface area contributed by atoms with Gasteiger partial charge in [0.05, 0.1) is 5.75 Å². The molecule has 0 heterocycles. The standard InChI is InChI=1S/C10H18O3S/c1-3-5-6-7-8-10-14(11,12)13-9-4-2/h9H,2-3,5-8,10H2,1H3. The summed E-state index contributed by atoms with van der Waals surface area (Å²) in [6.45, 7) is 5.33. The fraction of sp³-hybridized carbons (Fsp3) is 0.700. The molecule has 0 aromatic heterocycles. The van der Waals surface area contributed by atoms with Gasteiger partial charge in [0, 0.05) is 0 Å². The van der Waals surface area contributed by atoms with Gasteiger partial charge in [-0.2, -0.15) is 8.42 Å². The molecule has 0 fully saturated rings. The van der Waals surface area contributed by atoms with Crippen molar-refractivity contribution in [2.24, 2.45) is 0 Å². The van der Waals surface area contributed by atoms with Crippen molar-refractivity contribution in [3.05, 3.63) is 18.6 Å². The molecular formula is C10H18O3S. The van der Waals surface area contributed by atoms with Gasteiger partial charge in [0.25, 0.3) is 0 Å². The summed E-state index contributed by atoms with van der Waals surface area (Å²) in [6, 6.07) is 0. The first-order valence-electron chi connectivity index (χ1n) is 4.87. The van der Waals surface area contributed by atoms with Crippen LogP contribution in [0, 0.1) is 0 Å². The summed E-state index contributed by atoms with van der Waals surface area (Å²) in [7, 11) is -3.39. The van der Waals surface area contributed by atoms with Gasteiger partial charge in [-0.25, -0.2) is 0 Å². The van der Waals surface area contributed by atoms with E-state index in [1.165, 1.54) is 0 Å². The molecule has 0 aromatic rings. The molecule has 0 aliphatic carbocycles. The van der Waals surface area contributed by atoms with Crippen LogP contribution in [0.25, 0.3) is 0 Å². The zero-order chi connectivity index (χ0) is 10.9. The lowest BCUT2D eigenvalue weighted by atomic mass is 10.2. The van der Waals surface area contributed by atoms with E-state index < -0.39 is 10.1 Å². The normalized spacial score (nSPS) is 10.6. The second-order valence-corrected chi connectivity index (χ2v) is 4.81. The Morgan fingerprint density at radius 2 is 1.93 bits per heavy atom. The van der Waals surface area contributed by atoms with Gasteiger partial charge in [0.1, 0.15) is 6.26 Å². The third-order valence-corrected chi connectivity index (χ3v) is 2.95. The molecule has 0 radical (unpaired) electrons. The third-order valence-electron chi connectivity index (χ3n) is 1.78. The fourth-order valence-corrected chi connectivity index (χ4v) is 1.91. The van der Waals surface area contributed by atoms with Crippen LogP contribution in [0.4, 0.5) is 0 Å². The van der Waals surface area contributed by atoms with Gasteiger partial charge in [0.2, 0.25) is 0 Å². The van der Waals surface area contributed by atoms with E-state index in [0.717, 1.165) is 31.9 Å². The molecule has 82 valence electrons. The Bertz CT molecular complexity index is 274. The molecule has 3 nitrogen and oxygen atoms in total. The van der Waals surface area contributed by atoms with E-state index in [1.54, 1.807) is 0 Å². The van der Waals surface area contributed by atoms with Gasteiger partial charge in [-0.3, -0.25) is 0 Å². The van der Waals surface area contributed by atoms with E-state index in [4.69, 9.17) is 0 Å². The van der Waals surface area contributed by atoms with Crippen molar-refractivity contribution < 1.29 is 12.6 Å². The van der Waals surface area contributed by atoms with E-state index in [1.807, 2.05) is 0 Å². The highest BCUT2D eigenvalue weighted by atomic mass is 32.2. The van der Waals surface area contributed by atoms with Crippen LogP contribution in [0.3, 0.4) is 0 Å². The Morgan fingerprint density at radius 1 is 1.29 bits per heavy atom. The molecule has 0 aliphatic heterocycles. The maximum Gasteiger partial charge on any atom is 0.309 e. The lowest BCUT2D eigenvalue weighted by molar-refractivity contribution is 0.441. The molecule has 0 saturated carbocycles. The number of hydrogen-bond donors (Lipinski definition) is 0. The first kappa shape index (κ1) is 13.3. The predicted molar refractivity (Wildman–Crippen MR) is 57.3 cm³/mol. The molecule has 0 aliphatic rings. The summed E-state index contributed by atoms with van der Waals surface area (Å²) < 4.78 is 26.7. The van der Waals surface area contributed by atoms with E-state index in [9.17, 15) is 8.42 Å². The van der Waals surface area contributed by atoms with Crippen molar-refractivity contribution in [3.8, 4) is 0 Å². The lowest BCUT2D eigenvalue weighted by Crippen LogP contribution is -2.06. The van der Waals surface area contributed by atoms with Crippen LogP contribution < -0.4 is 0 Å². The smallest absolute Gasteiger partial charge is 0.309 e. The molecule has 0 N–H and O–H groups in total. The molecule has 0 amide bonds. The molecule has 0 atom stereocenters. The van der Waals surface area contributed by atoms with Crippen molar-refractivity contribution in [2.75, 3.05) is 5.75 Å². The van der Waals surface area contributed by atoms with Gasteiger partial charge in [-0.1, -0.05) is 44.9 Å². The highest BCUT2D eigenvalue weighted by molar-refractivity contribution is 7.86. The molecule has 0 saturated heterocycles. The van der Waals surface area contributed by atoms with Gasteiger partial charge in [0.15, 0.2) is 0 Å². The van der Waals surface area contributed by atoms with Crippen LogP contribution >= 0.6 is 0 Å². The van der Waals surface area contributed by atoms with E-state index >= 15 is 0 Å². The molecule has 0 unspecified atom stereocenters. The Hall–Kier alpha value is -0.730. The van der Waals surface area contributed by atoms with E-state index in [0.29, 0.717) is 6.42 Å². The van der Waals surface area contributed by atoms with Gasteiger partial charge in [-0.15, -0.1) is 0 Å². The minimum Gasteiger partial charge on any atom is -0.382 e. The van der Waals surface area contributed by atoms with Gasteiger partial charge in [-0.05, 0) is 6.42 Å². The maximum absolute atomic E-state index is 11.1. The SMILES string of the molecule is C=C=COS(=O)(=O)CCCCCCC. The van der Waals surface area contributed by atoms with Crippen molar-refractivity contribution in [1.29, 1.82) is 0 Å². The third kappa shape index (κ3) is 7.90. The summed E-state index contributed by atoms with van der Waals surface area (Å²) >= 11 is 0. The van der Waals surface area contributed by atoms with Crippen molar-refractivity contribution in [2.45, 2.75) is 39.0 Å². The second-order valence-electron chi connectivity index (χ2n) is 3.09. The second kappa shape index (κ2) is 7.65. The number of unbranched alkanes of at least 4 members (excludes halogenated alkanes) is 4. The van der Waals surface area contributed by atoms with Crippen LogP contribution in [0.15, 0.2) is 18.6 Å². The quantitative estimate of drug-likeness (QED) is 0.272.